The second kappa shape index (κ2) is 13.8. The van der Waals surface area contributed by atoms with Crippen molar-refractivity contribution < 1.29 is 28.9 Å². The van der Waals surface area contributed by atoms with Crippen molar-refractivity contribution in [2.24, 2.45) is 10.7 Å². The third kappa shape index (κ3) is 11.0. The van der Waals surface area contributed by atoms with E-state index in [1.807, 2.05) is 30.3 Å². The molecule has 1 aromatic rings. The number of piperazine rings is 1. The zero-order valence-corrected chi connectivity index (χ0v) is 21.3. The lowest BCUT2D eigenvalue weighted by molar-refractivity contribution is -0.525. The standard InChI is InChI=1S/C23H35N7O7/c1-23(2,3)37-21(32)26-18(10-7-11-25-20(24)27-30(34)35)19(31)28-12-14-29(15-13-28)22(33)36-16-17-8-5-4-6-9-17/h4-6,8-9,18H,7,10-16H2,1-3H3,(H,26,32)(H3,24,25,27)/t18-/m0/s1. The summed E-state index contributed by atoms with van der Waals surface area (Å²) >= 11 is 0. The van der Waals surface area contributed by atoms with Gasteiger partial charge in [-0.1, -0.05) is 35.8 Å². The van der Waals surface area contributed by atoms with Crippen LogP contribution in [0.5, 0.6) is 0 Å². The molecule has 0 bridgehead atoms. The molecule has 14 heteroatoms. The van der Waals surface area contributed by atoms with Gasteiger partial charge in [0.1, 0.15) is 18.2 Å². The van der Waals surface area contributed by atoms with Gasteiger partial charge in [0, 0.05) is 32.7 Å². The predicted octanol–water partition coefficient (Wildman–Crippen LogP) is 1.24. The van der Waals surface area contributed by atoms with Gasteiger partial charge in [0.2, 0.25) is 5.91 Å². The Morgan fingerprint density at radius 3 is 2.35 bits per heavy atom. The van der Waals surface area contributed by atoms with E-state index < -0.39 is 28.9 Å². The van der Waals surface area contributed by atoms with Crippen molar-refractivity contribution in [3.8, 4) is 0 Å². The number of nitrogens with one attached hydrogen (secondary N) is 2. The zero-order valence-electron chi connectivity index (χ0n) is 21.3. The molecule has 0 spiro atoms. The van der Waals surface area contributed by atoms with E-state index in [1.165, 1.54) is 4.90 Å². The maximum absolute atomic E-state index is 13.2. The summed E-state index contributed by atoms with van der Waals surface area (Å²) in [4.78, 5) is 55.3. The van der Waals surface area contributed by atoms with Gasteiger partial charge in [-0.05, 0) is 39.2 Å². The minimum Gasteiger partial charge on any atom is -0.445 e. The smallest absolute Gasteiger partial charge is 0.410 e. The molecule has 0 radical (unpaired) electrons. The van der Waals surface area contributed by atoms with E-state index in [0.717, 1.165) is 5.56 Å². The first-order valence-electron chi connectivity index (χ1n) is 11.9. The highest BCUT2D eigenvalue weighted by molar-refractivity contribution is 5.86. The topological polar surface area (TPSA) is 182 Å². The number of hydrogen-bond acceptors (Lipinski definition) is 8. The van der Waals surface area contributed by atoms with Gasteiger partial charge in [-0.15, -0.1) is 0 Å². The van der Waals surface area contributed by atoms with E-state index in [-0.39, 0.29) is 57.6 Å². The number of hydrogen-bond donors (Lipinski definition) is 3. The molecule has 2 rings (SSSR count). The molecule has 1 atom stereocenters. The molecule has 4 N–H and O–H groups in total. The van der Waals surface area contributed by atoms with Crippen molar-refractivity contribution in [1.29, 1.82) is 0 Å². The van der Waals surface area contributed by atoms with Crippen molar-refractivity contribution >= 4 is 24.1 Å². The summed E-state index contributed by atoms with van der Waals surface area (Å²) in [5.41, 5.74) is 7.26. The minimum atomic E-state index is -0.911. The number of nitrogens with zero attached hydrogens (tertiary/aromatic N) is 4. The van der Waals surface area contributed by atoms with Crippen LogP contribution in [0.3, 0.4) is 0 Å². The summed E-state index contributed by atoms with van der Waals surface area (Å²) in [6.07, 6.45) is -0.685. The van der Waals surface area contributed by atoms with Crippen LogP contribution in [0.1, 0.15) is 39.2 Å². The number of carbonyl (C=O) groups is 3. The second-order valence-corrected chi connectivity index (χ2v) is 9.33. The number of alkyl carbamates (subject to hydrolysis) is 1. The number of ether oxygens (including phenoxy) is 2. The average molecular weight is 522 g/mol. The Morgan fingerprint density at radius 2 is 1.76 bits per heavy atom. The minimum absolute atomic E-state index is 0.105. The molecule has 1 aliphatic rings. The van der Waals surface area contributed by atoms with Gasteiger partial charge in [0.15, 0.2) is 5.03 Å². The number of aliphatic imine (C=N–C) groups is 1. The van der Waals surface area contributed by atoms with Gasteiger partial charge in [-0.25, -0.2) is 24.7 Å². The molecular weight excluding hydrogens is 486 g/mol. The van der Waals surface area contributed by atoms with Crippen molar-refractivity contribution in [2.75, 3.05) is 32.7 Å². The molecule has 14 nitrogen and oxygen atoms in total. The molecule has 1 fully saturated rings. The monoisotopic (exact) mass is 521 g/mol. The SMILES string of the molecule is CC(C)(C)OC(=O)N[C@@H](CCCN=C(N)N[N+](=O)[O-])C(=O)N1CCN(C(=O)OCc2ccccc2)CC1. The van der Waals surface area contributed by atoms with Crippen LogP contribution in [0.2, 0.25) is 0 Å². The van der Waals surface area contributed by atoms with E-state index in [9.17, 15) is 24.5 Å². The average Bonchev–Trinajstić information content (AvgIpc) is 2.83. The van der Waals surface area contributed by atoms with Crippen LogP contribution in [0.25, 0.3) is 0 Å². The highest BCUT2D eigenvalue weighted by Crippen LogP contribution is 2.12. The van der Waals surface area contributed by atoms with E-state index >= 15 is 0 Å². The van der Waals surface area contributed by atoms with Gasteiger partial charge in [0.25, 0.3) is 5.96 Å². The Hall–Kier alpha value is -4.10. The first kappa shape index (κ1) is 29.1. The maximum atomic E-state index is 13.2. The first-order valence-corrected chi connectivity index (χ1v) is 11.9. The lowest BCUT2D eigenvalue weighted by Crippen LogP contribution is -2.56. The number of nitro groups is 1. The molecule has 1 aliphatic heterocycles. The zero-order chi connectivity index (χ0) is 27.4. The van der Waals surface area contributed by atoms with Gasteiger partial charge in [-0.3, -0.25) is 4.79 Å². The Labute approximate surface area is 215 Å². The molecule has 0 aliphatic carbocycles. The quantitative estimate of drug-likeness (QED) is 0.141. The number of nitrogens with two attached hydrogens (primary N) is 1. The van der Waals surface area contributed by atoms with E-state index in [0.29, 0.717) is 6.42 Å². The van der Waals surface area contributed by atoms with Gasteiger partial charge >= 0.3 is 12.2 Å². The van der Waals surface area contributed by atoms with Gasteiger partial charge in [-0.2, -0.15) is 0 Å². The molecule has 1 aromatic carbocycles. The fraction of sp³-hybridized carbons (Fsp3) is 0.565. The van der Waals surface area contributed by atoms with Crippen molar-refractivity contribution in [2.45, 2.75) is 51.9 Å². The second-order valence-electron chi connectivity index (χ2n) is 9.33. The number of guanidine groups is 1. The normalized spacial score (nSPS) is 14.9. The largest absolute Gasteiger partial charge is 0.445 e. The van der Waals surface area contributed by atoms with Crippen LogP contribution in [-0.2, 0) is 20.9 Å². The molecule has 204 valence electrons. The van der Waals surface area contributed by atoms with Crippen LogP contribution >= 0.6 is 0 Å². The van der Waals surface area contributed by atoms with Gasteiger partial charge in [0.05, 0.1) is 0 Å². The summed E-state index contributed by atoms with van der Waals surface area (Å²) in [5.74, 6) is -0.688. The molecule has 37 heavy (non-hydrogen) atoms. The Bertz CT molecular complexity index is 958. The molecule has 0 saturated carbocycles. The van der Waals surface area contributed by atoms with Crippen LogP contribution in [-0.4, -0.2) is 83.3 Å². The third-order valence-electron chi connectivity index (χ3n) is 5.18. The number of amides is 3. The van der Waals surface area contributed by atoms with Crippen LogP contribution in [0.4, 0.5) is 9.59 Å². The van der Waals surface area contributed by atoms with Gasteiger partial charge < -0.3 is 30.3 Å². The fourth-order valence-corrected chi connectivity index (χ4v) is 3.47. The number of hydrazine groups is 1. The summed E-state index contributed by atoms with van der Waals surface area (Å²) < 4.78 is 10.6. The van der Waals surface area contributed by atoms with Crippen molar-refractivity contribution in [3.63, 3.8) is 0 Å². The molecule has 1 heterocycles. The highest BCUT2D eigenvalue weighted by Gasteiger charge is 2.31. The number of rotatable bonds is 9. The Kier molecular flexibility index (Phi) is 10.9. The molecular formula is C23H35N7O7. The highest BCUT2D eigenvalue weighted by atomic mass is 16.7. The van der Waals surface area contributed by atoms with Crippen molar-refractivity contribution in [3.05, 3.63) is 46.0 Å². The van der Waals surface area contributed by atoms with E-state index in [1.54, 1.807) is 31.1 Å². The predicted molar refractivity (Wildman–Crippen MR) is 134 cm³/mol. The number of benzene rings is 1. The van der Waals surface area contributed by atoms with Crippen LogP contribution < -0.4 is 16.5 Å². The summed E-state index contributed by atoms with van der Waals surface area (Å²) in [6.45, 7) is 6.49. The van der Waals surface area contributed by atoms with E-state index in [2.05, 4.69) is 10.3 Å². The van der Waals surface area contributed by atoms with Crippen LogP contribution in [0.15, 0.2) is 35.3 Å². The molecule has 3 amide bonds. The van der Waals surface area contributed by atoms with Crippen LogP contribution in [0, 0.1) is 10.1 Å². The number of carbonyl (C=O) groups excluding carboxylic acids is 3. The maximum Gasteiger partial charge on any atom is 0.410 e. The van der Waals surface area contributed by atoms with E-state index in [4.69, 9.17) is 15.2 Å². The Balaban J connectivity index is 1.91. The summed E-state index contributed by atoms with van der Waals surface area (Å²) in [7, 11) is 0. The molecule has 0 aromatic heterocycles. The Morgan fingerprint density at radius 1 is 1.14 bits per heavy atom. The summed E-state index contributed by atoms with van der Waals surface area (Å²) in [6, 6.07) is 8.41. The molecule has 1 saturated heterocycles. The van der Waals surface area contributed by atoms with Crippen molar-refractivity contribution in [1.82, 2.24) is 20.5 Å². The molecule has 0 unspecified atom stereocenters. The lowest BCUT2D eigenvalue weighted by Gasteiger charge is -2.36. The fourth-order valence-electron chi connectivity index (χ4n) is 3.47. The lowest BCUT2D eigenvalue weighted by atomic mass is 10.1. The first-order chi connectivity index (χ1) is 17.4. The summed E-state index contributed by atoms with van der Waals surface area (Å²) in [5, 5.41) is 12.2. The third-order valence-corrected chi connectivity index (χ3v) is 5.18.